The lowest BCUT2D eigenvalue weighted by atomic mass is 10.1. The highest BCUT2D eigenvalue weighted by molar-refractivity contribution is 4.94. The molecule has 0 bridgehead atoms. The van der Waals surface area contributed by atoms with Crippen LogP contribution in [0.15, 0.2) is 0 Å². The van der Waals surface area contributed by atoms with Gasteiger partial charge in [-0.2, -0.15) is 0 Å². The van der Waals surface area contributed by atoms with E-state index in [-0.39, 0.29) is 0 Å². The first-order valence-electron chi connectivity index (χ1n) is 8.34. The van der Waals surface area contributed by atoms with E-state index in [1.54, 1.807) is 0 Å². The SMILES string of the molecule is CCCNC1CCCC1N(CC1CC1)CC1CC1. The predicted molar refractivity (Wildman–Crippen MR) is 76.7 cm³/mol. The normalized spacial score (nSPS) is 32.3. The quantitative estimate of drug-likeness (QED) is 0.712. The van der Waals surface area contributed by atoms with E-state index < -0.39 is 0 Å². The van der Waals surface area contributed by atoms with Crippen molar-refractivity contribution in [1.82, 2.24) is 10.2 Å². The molecule has 3 fully saturated rings. The molecule has 0 heterocycles. The highest BCUT2D eigenvalue weighted by atomic mass is 15.2. The van der Waals surface area contributed by atoms with E-state index in [1.165, 1.54) is 71.0 Å². The van der Waals surface area contributed by atoms with Crippen LogP contribution in [-0.2, 0) is 0 Å². The summed E-state index contributed by atoms with van der Waals surface area (Å²) in [5, 5.41) is 3.81. The summed E-state index contributed by atoms with van der Waals surface area (Å²) in [6, 6.07) is 1.65. The molecule has 104 valence electrons. The first kappa shape index (κ1) is 12.9. The van der Waals surface area contributed by atoms with Crippen molar-refractivity contribution in [3.05, 3.63) is 0 Å². The summed E-state index contributed by atoms with van der Waals surface area (Å²) in [7, 11) is 0. The Morgan fingerprint density at radius 1 is 0.944 bits per heavy atom. The first-order chi connectivity index (χ1) is 8.86. The van der Waals surface area contributed by atoms with Gasteiger partial charge in [-0.3, -0.25) is 4.90 Å². The van der Waals surface area contributed by atoms with E-state index >= 15 is 0 Å². The maximum absolute atomic E-state index is 3.81. The van der Waals surface area contributed by atoms with Gasteiger partial charge in [-0.15, -0.1) is 0 Å². The van der Waals surface area contributed by atoms with Gasteiger partial charge in [-0.25, -0.2) is 0 Å². The van der Waals surface area contributed by atoms with Crippen molar-refractivity contribution in [1.29, 1.82) is 0 Å². The Kier molecular flexibility index (Phi) is 4.25. The van der Waals surface area contributed by atoms with Crippen LogP contribution >= 0.6 is 0 Å². The van der Waals surface area contributed by atoms with Gasteiger partial charge in [0, 0.05) is 25.2 Å². The molecule has 0 aromatic rings. The minimum atomic E-state index is 0.794. The first-order valence-corrected chi connectivity index (χ1v) is 8.34. The molecule has 2 nitrogen and oxygen atoms in total. The lowest BCUT2D eigenvalue weighted by Crippen LogP contribution is -2.48. The lowest BCUT2D eigenvalue weighted by Gasteiger charge is -2.34. The van der Waals surface area contributed by atoms with Crippen molar-refractivity contribution in [2.75, 3.05) is 19.6 Å². The van der Waals surface area contributed by atoms with Gasteiger partial charge in [0.15, 0.2) is 0 Å². The molecule has 0 amide bonds. The molecule has 0 spiro atoms. The van der Waals surface area contributed by atoms with Gasteiger partial charge in [0.1, 0.15) is 0 Å². The van der Waals surface area contributed by atoms with E-state index in [4.69, 9.17) is 0 Å². The zero-order valence-electron chi connectivity index (χ0n) is 12.0. The summed E-state index contributed by atoms with van der Waals surface area (Å²) in [5.74, 6) is 2.10. The van der Waals surface area contributed by atoms with Crippen molar-refractivity contribution in [3.63, 3.8) is 0 Å². The van der Waals surface area contributed by atoms with Crippen LogP contribution in [0.4, 0.5) is 0 Å². The lowest BCUT2D eigenvalue weighted by molar-refractivity contribution is 0.158. The van der Waals surface area contributed by atoms with E-state index in [1.807, 2.05) is 0 Å². The van der Waals surface area contributed by atoms with Gasteiger partial charge >= 0.3 is 0 Å². The van der Waals surface area contributed by atoms with Crippen LogP contribution in [0.1, 0.15) is 58.3 Å². The molecular formula is C16H30N2. The largest absolute Gasteiger partial charge is 0.312 e. The van der Waals surface area contributed by atoms with Gasteiger partial charge in [0.05, 0.1) is 0 Å². The average molecular weight is 250 g/mol. The summed E-state index contributed by atoms with van der Waals surface area (Å²) >= 11 is 0. The second-order valence-electron chi connectivity index (χ2n) is 6.90. The van der Waals surface area contributed by atoms with Crippen LogP contribution in [0.2, 0.25) is 0 Å². The second kappa shape index (κ2) is 5.92. The topological polar surface area (TPSA) is 15.3 Å². The third-order valence-corrected chi connectivity index (χ3v) is 4.98. The smallest absolute Gasteiger partial charge is 0.0249 e. The molecule has 0 radical (unpaired) electrons. The molecule has 18 heavy (non-hydrogen) atoms. The minimum Gasteiger partial charge on any atom is -0.312 e. The third-order valence-electron chi connectivity index (χ3n) is 4.98. The third kappa shape index (κ3) is 3.48. The number of nitrogens with zero attached hydrogens (tertiary/aromatic N) is 1. The van der Waals surface area contributed by atoms with E-state index in [0.717, 1.165) is 23.9 Å². The number of hydrogen-bond donors (Lipinski definition) is 1. The molecule has 0 aliphatic heterocycles. The van der Waals surface area contributed by atoms with Crippen LogP contribution in [0.3, 0.4) is 0 Å². The monoisotopic (exact) mass is 250 g/mol. The Labute approximate surface area is 113 Å². The fraction of sp³-hybridized carbons (Fsp3) is 1.00. The number of hydrogen-bond acceptors (Lipinski definition) is 2. The Bertz CT molecular complexity index is 244. The Morgan fingerprint density at radius 3 is 2.17 bits per heavy atom. The van der Waals surface area contributed by atoms with Crippen LogP contribution in [0.5, 0.6) is 0 Å². The fourth-order valence-electron chi connectivity index (χ4n) is 3.55. The van der Waals surface area contributed by atoms with Gasteiger partial charge in [-0.05, 0) is 63.3 Å². The van der Waals surface area contributed by atoms with Crippen molar-refractivity contribution in [2.24, 2.45) is 11.8 Å². The number of rotatable bonds is 8. The van der Waals surface area contributed by atoms with Crippen molar-refractivity contribution >= 4 is 0 Å². The van der Waals surface area contributed by atoms with Crippen LogP contribution < -0.4 is 5.32 Å². The van der Waals surface area contributed by atoms with Gasteiger partial charge in [-0.1, -0.05) is 13.3 Å². The molecule has 3 rings (SSSR count). The molecule has 3 saturated carbocycles. The van der Waals surface area contributed by atoms with Crippen LogP contribution in [-0.4, -0.2) is 36.6 Å². The molecule has 3 aliphatic rings. The maximum atomic E-state index is 3.81. The predicted octanol–water partition coefficient (Wildman–Crippen LogP) is 3.03. The fourth-order valence-corrected chi connectivity index (χ4v) is 3.55. The summed E-state index contributed by atoms with van der Waals surface area (Å²) in [5.41, 5.74) is 0. The molecule has 0 aromatic carbocycles. The number of nitrogens with one attached hydrogen (secondary N) is 1. The van der Waals surface area contributed by atoms with Crippen molar-refractivity contribution in [2.45, 2.75) is 70.4 Å². The molecule has 0 aromatic heterocycles. The van der Waals surface area contributed by atoms with Crippen molar-refractivity contribution in [3.8, 4) is 0 Å². The van der Waals surface area contributed by atoms with Crippen LogP contribution in [0.25, 0.3) is 0 Å². The minimum absolute atomic E-state index is 0.794. The summed E-state index contributed by atoms with van der Waals surface area (Å²) in [6.45, 7) is 6.31. The standard InChI is InChI=1S/C16H30N2/c1-2-10-17-15-4-3-5-16(15)18(11-13-6-7-13)12-14-8-9-14/h13-17H,2-12H2,1H3. The van der Waals surface area contributed by atoms with E-state index in [0.29, 0.717) is 0 Å². The Hall–Kier alpha value is -0.0800. The summed E-state index contributed by atoms with van der Waals surface area (Å²) < 4.78 is 0. The van der Waals surface area contributed by atoms with Gasteiger partial charge in [0.25, 0.3) is 0 Å². The highest BCUT2D eigenvalue weighted by Gasteiger charge is 2.37. The summed E-state index contributed by atoms with van der Waals surface area (Å²) in [6.07, 6.45) is 11.6. The Balaban J connectivity index is 1.55. The van der Waals surface area contributed by atoms with Gasteiger partial charge < -0.3 is 5.32 Å². The van der Waals surface area contributed by atoms with Crippen LogP contribution in [0, 0.1) is 11.8 Å². The van der Waals surface area contributed by atoms with Gasteiger partial charge in [0.2, 0.25) is 0 Å². The zero-order chi connectivity index (χ0) is 12.4. The molecule has 1 N–H and O–H groups in total. The second-order valence-corrected chi connectivity index (χ2v) is 6.90. The van der Waals surface area contributed by atoms with Crippen molar-refractivity contribution < 1.29 is 0 Å². The molecular weight excluding hydrogens is 220 g/mol. The summed E-state index contributed by atoms with van der Waals surface area (Å²) in [4.78, 5) is 2.88. The zero-order valence-corrected chi connectivity index (χ0v) is 12.0. The molecule has 2 heteroatoms. The molecule has 0 saturated heterocycles. The van der Waals surface area contributed by atoms with E-state index in [9.17, 15) is 0 Å². The molecule has 3 aliphatic carbocycles. The molecule has 2 atom stereocenters. The highest BCUT2D eigenvalue weighted by Crippen LogP contribution is 2.37. The average Bonchev–Trinajstić information content (AvgIpc) is 3.29. The maximum Gasteiger partial charge on any atom is 0.0249 e. The molecule has 2 unspecified atom stereocenters. The van der Waals surface area contributed by atoms with E-state index in [2.05, 4.69) is 17.1 Å². The Morgan fingerprint density at radius 2 is 1.61 bits per heavy atom.